The van der Waals surface area contributed by atoms with Crippen molar-refractivity contribution >= 4 is 27.9 Å². The quantitative estimate of drug-likeness (QED) is 0.512. The number of methoxy groups -OCH3 is 1. The first-order valence-electron chi connectivity index (χ1n) is 8.61. The average Bonchev–Trinajstić information content (AvgIpc) is 3.16. The number of ether oxygens (including phenoxy) is 3. The molecule has 2 rings (SSSR count). The van der Waals surface area contributed by atoms with Crippen LogP contribution in [0.15, 0.2) is 22.2 Å². The number of rotatable bonds is 8. The molecular formula is C19H23BrN2O4. The van der Waals surface area contributed by atoms with Crippen LogP contribution in [0.5, 0.6) is 11.5 Å². The highest BCUT2D eigenvalue weighted by Crippen LogP contribution is 2.37. The summed E-state index contributed by atoms with van der Waals surface area (Å²) < 4.78 is 17.2. The van der Waals surface area contributed by atoms with Gasteiger partial charge in [-0.2, -0.15) is 5.26 Å². The summed E-state index contributed by atoms with van der Waals surface area (Å²) in [6, 6.07) is 5.48. The lowest BCUT2D eigenvalue weighted by Gasteiger charge is -2.13. The van der Waals surface area contributed by atoms with E-state index in [1.54, 1.807) is 19.2 Å². The number of nitrogens with zero attached hydrogens (tertiary/aromatic N) is 1. The molecule has 0 saturated carbocycles. The summed E-state index contributed by atoms with van der Waals surface area (Å²) >= 11 is 3.46. The number of amides is 1. The van der Waals surface area contributed by atoms with Crippen LogP contribution in [0.3, 0.4) is 0 Å². The van der Waals surface area contributed by atoms with Crippen LogP contribution in [0.25, 0.3) is 6.08 Å². The van der Waals surface area contributed by atoms with Crippen LogP contribution < -0.4 is 14.8 Å². The minimum Gasteiger partial charge on any atom is -0.493 e. The molecule has 7 heteroatoms. The second kappa shape index (κ2) is 10.2. The van der Waals surface area contributed by atoms with Crippen LogP contribution >= 0.6 is 15.9 Å². The Bertz CT molecular complexity index is 706. The number of carbonyl (C=O) groups excluding carboxylic acids is 1. The highest BCUT2D eigenvalue weighted by molar-refractivity contribution is 9.10. The lowest BCUT2D eigenvalue weighted by Crippen LogP contribution is -2.32. The lowest BCUT2D eigenvalue weighted by molar-refractivity contribution is -0.117. The number of halogens is 1. The normalized spacial score (nSPS) is 16.8. The number of hydrogen-bond donors (Lipinski definition) is 1. The van der Waals surface area contributed by atoms with E-state index in [4.69, 9.17) is 14.2 Å². The third-order valence-electron chi connectivity index (χ3n) is 3.89. The first kappa shape index (κ1) is 20.3. The van der Waals surface area contributed by atoms with Crippen molar-refractivity contribution in [3.8, 4) is 17.6 Å². The molecular weight excluding hydrogens is 400 g/mol. The van der Waals surface area contributed by atoms with Crippen LogP contribution in [0.2, 0.25) is 0 Å². The van der Waals surface area contributed by atoms with Crippen LogP contribution in [0, 0.1) is 11.3 Å². The maximum atomic E-state index is 12.3. The summed E-state index contributed by atoms with van der Waals surface area (Å²) in [5.74, 6) is 0.730. The highest BCUT2D eigenvalue weighted by atomic mass is 79.9. The van der Waals surface area contributed by atoms with E-state index >= 15 is 0 Å². The molecule has 1 unspecified atom stereocenters. The monoisotopic (exact) mass is 422 g/mol. The van der Waals surface area contributed by atoms with E-state index in [0.717, 1.165) is 25.9 Å². The molecule has 1 N–H and O–H groups in total. The molecule has 0 aromatic heterocycles. The van der Waals surface area contributed by atoms with Gasteiger partial charge in [0.1, 0.15) is 11.6 Å². The topological polar surface area (TPSA) is 80.6 Å². The van der Waals surface area contributed by atoms with Gasteiger partial charge in [-0.3, -0.25) is 4.79 Å². The van der Waals surface area contributed by atoms with Gasteiger partial charge in [0.05, 0.1) is 24.3 Å². The summed E-state index contributed by atoms with van der Waals surface area (Å²) in [6.45, 7) is 3.72. The smallest absolute Gasteiger partial charge is 0.262 e. The van der Waals surface area contributed by atoms with E-state index in [1.165, 1.54) is 6.08 Å². The van der Waals surface area contributed by atoms with Gasteiger partial charge in [-0.05, 0) is 59.0 Å². The van der Waals surface area contributed by atoms with Crippen LogP contribution in [0.1, 0.15) is 31.7 Å². The molecule has 1 amide bonds. The number of nitrogens with one attached hydrogen (secondary N) is 1. The van der Waals surface area contributed by atoms with Gasteiger partial charge >= 0.3 is 0 Å². The average molecular weight is 423 g/mol. The summed E-state index contributed by atoms with van der Waals surface area (Å²) in [6.07, 6.45) is 4.36. The van der Waals surface area contributed by atoms with Crippen molar-refractivity contribution in [1.29, 1.82) is 5.26 Å². The Morgan fingerprint density at radius 3 is 2.96 bits per heavy atom. The standard InChI is InChI=1S/C19H23BrN2O4/c1-3-6-26-18-16(20)9-13(10-17(18)24-2)8-14(11-21)19(23)22-12-15-5-4-7-25-15/h8-10,15H,3-7,12H2,1-2H3,(H,22,23)/b14-8+. The summed E-state index contributed by atoms with van der Waals surface area (Å²) in [4.78, 5) is 12.3. The second-order valence-electron chi connectivity index (χ2n) is 5.90. The second-order valence-corrected chi connectivity index (χ2v) is 6.75. The molecule has 6 nitrogen and oxygen atoms in total. The molecule has 26 heavy (non-hydrogen) atoms. The van der Waals surface area contributed by atoms with Gasteiger partial charge in [-0.1, -0.05) is 6.92 Å². The molecule has 1 aliphatic heterocycles. The maximum absolute atomic E-state index is 12.3. The van der Waals surface area contributed by atoms with E-state index in [9.17, 15) is 10.1 Å². The largest absolute Gasteiger partial charge is 0.493 e. The van der Waals surface area contributed by atoms with Crippen LogP contribution in [0.4, 0.5) is 0 Å². The summed E-state index contributed by atoms with van der Waals surface area (Å²) in [7, 11) is 1.55. The molecule has 1 atom stereocenters. The Morgan fingerprint density at radius 1 is 1.54 bits per heavy atom. The fourth-order valence-corrected chi connectivity index (χ4v) is 3.16. The summed E-state index contributed by atoms with van der Waals surface area (Å²) in [5, 5.41) is 12.1. The lowest BCUT2D eigenvalue weighted by atomic mass is 10.1. The van der Waals surface area contributed by atoms with Crippen LogP contribution in [-0.4, -0.2) is 38.9 Å². The molecule has 0 bridgehead atoms. The van der Waals surface area contributed by atoms with Gasteiger partial charge in [0, 0.05) is 13.2 Å². The van der Waals surface area contributed by atoms with E-state index in [1.807, 2.05) is 13.0 Å². The zero-order valence-corrected chi connectivity index (χ0v) is 16.6. The van der Waals surface area contributed by atoms with Gasteiger partial charge < -0.3 is 19.5 Å². The molecule has 1 fully saturated rings. The van der Waals surface area contributed by atoms with Crippen molar-refractivity contribution in [1.82, 2.24) is 5.32 Å². The number of benzene rings is 1. The van der Waals surface area contributed by atoms with Gasteiger partial charge in [0.15, 0.2) is 11.5 Å². The minimum atomic E-state index is -0.413. The Kier molecular flexibility index (Phi) is 7.95. The fourth-order valence-electron chi connectivity index (χ4n) is 2.59. The molecule has 1 aromatic carbocycles. The number of hydrogen-bond acceptors (Lipinski definition) is 5. The fraction of sp³-hybridized carbons (Fsp3) is 0.474. The Balaban J connectivity index is 2.15. The molecule has 140 valence electrons. The maximum Gasteiger partial charge on any atom is 0.262 e. The first-order chi connectivity index (χ1) is 12.6. The van der Waals surface area contributed by atoms with E-state index in [2.05, 4.69) is 21.2 Å². The van der Waals surface area contributed by atoms with Crippen LogP contribution in [-0.2, 0) is 9.53 Å². The Hall–Kier alpha value is -2.04. The van der Waals surface area contributed by atoms with Crippen molar-refractivity contribution in [2.75, 3.05) is 26.9 Å². The zero-order chi connectivity index (χ0) is 18.9. The minimum absolute atomic E-state index is 0.0270. The van der Waals surface area contributed by atoms with Crippen molar-refractivity contribution < 1.29 is 19.0 Å². The molecule has 0 radical (unpaired) electrons. The van der Waals surface area contributed by atoms with Crippen molar-refractivity contribution in [2.45, 2.75) is 32.3 Å². The molecule has 1 aromatic rings. The molecule has 0 spiro atoms. The summed E-state index contributed by atoms with van der Waals surface area (Å²) in [5.41, 5.74) is 0.695. The van der Waals surface area contributed by atoms with Gasteiger partial charge in [-0.15, -0.1) is 0 Å². The molecule has 1 saturated heterocycles. The predicted molar refractivity (Wildman–Crippen MR) is 102 cm³/mol. The van der Waals surface area contributed by atoms with Crippen molar-refractivity contribution in [3.05, 3.63) is 27.7 Å². The van der Waals surface area contributed by atoms with E-state index in [0.29, 0.717) is 34.7 Å². The van der Waals surface area contributed by atoms with Crippen molar-refractivity contribution in [3.63, 3.8) is 0 Å². The van der Waals surface area contributed by atoms with Gasteiger partial charge in [0.25, 0.3) is 5.91 Å². The van der Waals surface area contributed by atoms with E-state index < -0.39 is 5.91 Å². The third-order valence-corrected chi connectivity index (χ3v) is 4.48. The zero-order valence-electron chi connectivity index (χ0n) is 15.0. The molecule has 0 aliphatic carbocycles. The molecule has 1 aliphatic rings. The molecule has 1 heterocycles. The number of nitriles is 1. The first-order valence-corrected chi connectivity index (χ1v) is 9.40. The third kappa shape index (κ3) is 5.48. The van der Waals surface area contributed by atoms with Gasteiger partial charge in [-0.25, -0.2) is 0 Å². The predicted octanol–water partition coefficient (Wildman–Crippen LogP) is 3.45. The Morgan fingerprint density at radius 2 is 2.35 bits per heavy atom. The van der Waals surface area contributed by atoms with E-state index in [-0.39, 0.29) is 11.7 Å². The van der Waals surface area contributed by atoms with Gasteiger partial charge in [0.2, 0.25) is 0 Å². The Labute approximate surface area is 162 Å². The van der Waals surface area contributed by atoms with Crippen molar-refractivity contribution in [2.24, 2.45) is 0 Å². The SMILES string of the molecule is CCCOc1c(Br)cc(/C=C(\C#N)C(=O)NCC2CCCO2)cc1OC. The number of carbonyl (C=O) groups is 1. The highest BCUT2D eigenvalue weighted by Gasteiger charge is 2.18.